The SMILES string of the molecule is CC[C@@H](Oc1cccc(C)c1C)C(=O)N1CCN(c2ccc(OC)cc2)CC1. The molecule has 0 radical (unpaired) electrons. The normalized spacial score (nSPS) is 15.3. The minimum absolute atomic E-state index is 0.0813. The van der Waals surface area contributed by atoms with Gasteiger partial charge in [0.1, 0.15) is 11.5 Å². The van der Waals surface area contributed by atoms with Crippen LogP contribution in [0.3, 0.4) is 0 Å². The van der Waals surface area contributed by atoms with Gasteiger partial charge in [0, 0.05) is 31.9 Å². The van der Waals surface area contributed by atoms with E-state index in [1.807, 2.05) is 43.0 Å². The first-order valence-electron chi connectivity index (χ1n) is 9.94. The number of ether oxygens (including phenoxy) is 2. The molecule has 1 heterocycles. The summed E-state index contributed by atoms with van der Waals surface area (Å²) in [5.74, 6) is 1.74. The first kappa shape index (κ1) is 20.1. The van der Waals surface area contributed by atoms with E-state index in [1.54, 1.807) is 7.11 Å². The number of nitrogens with zero attached hydrogens (tertiary/aromatic N) is 2. The molecule has 2 aromatic carbocycles. The Balaban J connectivity index is 1.60. The van der Waals surface area contributed by atoms with Gasteiger partial charge in [-0.05, 0) is 61.7 Å². The highest BCUT2D eigenvalue weighted by molar-refractivity contribution is 5.81. The lowest BCUT2D eigenvalue weighted by Gasteiger charge is -2.37. The zero-order valence-electron chi connectivity index (χ0n) is 17.3. The molecule has 2 aromatic rings. The van der Waals surface area contributed by atoms with Crippen LogP contribution in [0.15, 0.2) is 42.5 Å². The van der Waals surface area contributed by atoms with E-state index >= 15 is 0 Å². The van der Waals surface area contributed by atoms with Gasteiger partial charge in [-0.15, -0.1) is 0 Å². The van der Waals surface area contributed by atoms with Crippen LogP contribution in [-0.4, -0.2) is 50.2 Å². The number of aryl methyl sites for hydroxylation is 1. The third-order valence-corrected chi connectivity index (χ3v) is 5.50. The molecule has 1 fully saturated rings. The van der Waals surface area contributed by atoms with Crippen LogP contribution < -0.4 is 14.4 Å². The molecular weight excluding hydrogens is 352 g/mol. The molecule has 1 aliphatic heterocycles. The first-order chi connectivity index (χ1) is 13.5. The molecule has 0 bridgehead atoms. The summed E-state index contributed by atoms with van der Waals surface area (Å²) in [6.45, 7) is 9.14. The number of carbonyl (C=O) groups is 1. The number of amides is 1. The maximum atomic E-state index is 13.0. The van der Waals surface area contributed by atoms with Crippen molar-refractivity contribution in [2.45, 2.75) is 33.3 Å². The molecule has 1 amide bonds. The highest BCUT2D eigenvalue weighted by Gasteiger charge is 2.28. The van der Waals surface area contributed by atoms with Gasteiger partial charge in [-0.2, -0.15) is 0 Å². The summed E-state index contributed by atoms with van der Waals surface area (Å²) in [7, 11) is 1.67. The summed E-state index contributed by atoms with van der Waals surface area (Å²) >= 11 is 0. The van der Waals surface area contributed by atoms with Gasteiger partial charge in [0.15, 0.2) is 6.10 Å². The molecule has 0 unspecified atom stereocenters. The molecule has 3 rings (SSSR count). The summed E-state index contributed by atoms with van der Waals surface area (Å²) < 4.78 is 11.3. The quantitative estimate of drug-likeness (QED) is 0.762. The summed E-state index contributed by atoms with van der Waals surface area (Å²) in [5, 5.41) is 0. The summed E-state index contributed by atoms with van der Waals surface area (Å²) in [6, 6.07) is 14.0. The molecular formula is C23H30N2O3. The molecule has 5 nitrogen and oxygen atoms in total. The predicted octanol–water partition coefficient (Wildman–Crippen LogP) is 3.82. The van der Waals surface area contributed by atoms with Crippen molar-refractivity contribution in [2.75, 3.05) is 38.2 Å². The molecule has 0 saturated carbocycles. The maximum Gasteiger partial charge on any atom is 0.263 e. The van der Waals surface area contributed by atoms with E-state index in [0.717, 1.165) is 35.8 Å². The zero-order valence-corrected chi connectivity index (χ0v) is 17.3. The average molecular weight is 383 g/mol. The maximum absolute atomic E-state index is 13.0. The number of hydrogen-bond acceptors (Lipinski definition) is 4. The number of methoxy groups -OCH3 is 1. The van der Waals surface area contributed by atoms with Crippen LogP contribution in [0.1, 0.15) is 24.5 Å². The van der Waals surface area contributed by atoms with E-state index in [9.17, 15) is 4.79 Å². The molecule has 0 aliphatic carbocycles. The van der Waals surface area contributed by atoms with Crippen molar-refractivity contribution in [2.24, 2.45) is 0 Å². The minimum Gasteiger partial charge on any atom is -0.497 e. The van der Waals surface area contributed by atoms with Crippen molar-refractivity contribution in [3.8, 4) is 11.5 Å². The van der Waals surface area contributed by atoms with E-state index in [2.05, 4.69) is 30.0 Å². The lowest BCUT2D eigenvalue weighted by molar-refractivity contribution is -0.139. The van der Waals surface area contributed by atoms with E-state index in [1.165, 1.54) is 5.56 Å². The van der Waals surface area contributed by atoms with Gasteiger partial charge in [0.05, 0.1) is 7.11 Å². The monoisotopic (exact) mass is 382 g/mol. The van der Waals surface area contributed by atoms with Gasteiger partial charge in [-0.25, -0.2) is 0 Å². The number of hydrogen-bond donors (Lipinski definition) is 0. The van der Waals surface area contributed by atoms with Crippen molar-refractivity contribution in [1.82, 2.24) is 4.90 Å². The molecule has 5 heteroatoms. The minimum atomic E-state index is -0.437. The molecule has 28 heavy (non-hydrogen) atoms. The van der Waals surface area contributed by atoms with Crippen molar-refractivity contribution in [3.63, 3.8) is 0 Å². The molecule has 1 atom stereocenters. The van der Waals surface area contributed by atoms with Gasteiger partial charge < -0.3 is 19.3 Å². The zero-order chi connectivity index (χ0) is 20.1. The highest BCUT2D eigenvalue weighted by Crippen LogP contribution is 2.24. The second-order valence-electron chi connectivity index (χ2n) is 7.22. The van der Waals surface area contributed by atoms with Gasteiger partial charge in [-0.3, -0.25) is 4.79 Å². The fourth-order valence-electron chi connectivity index (χ4n) is 3.50. The predicted molar refractivity (Wildman–Crippen MR) is 112 cm³/mol. The van der Waals surface area contributed by atoms with Crippen LogP contribution in [0.4, 0.5) is 5.69 Å². The van der Waals surface area contributed by atoms with Crippen LogP contribution in [0.5, 0.6) is 11.5 Å². The van der Waals surface area contributed by atoms with Crippen LogP contribution in [0.25, 0.3) is 0 Å². The van der Waals surface area contributed by atoms with Crippen molar-refractivity contribution < 1.29 is 14.3 Å². The molecule has 0 aromatic heterocycles. The first-order valence-corrected chi connectivity index (χ1v) is 9.94. The van der Waals surface area contributed by atoms with Crippen molar-refractivity contribution in [1.29, 1.82) is 0 Å². The standard InChI is InChI=1S/C23H30N2O3/c1-5-21(28-22-8-6-7-17(2)18(22)3)23(26)25-15-13-24(14-16-25)19-9-11-20(27-4)12-10-19/h6-12,21H,5,13-16H2,1-4H3/t21-/m1/s1. The number of anilines is 1. The highest BCUT2D eigenvalue weighted by atomic mass is 16.5. The third kappa shape index (κ3) is 4.41. The number of benzene rings is 2. The molecule has 150 valence electrons. The van der Waals surface area contributed by atoms with Crippen LogP contribution in [0.2, 0.25) is 0 Å². The largest absolute Gasteiger partial charge is 0.497 e. The van der Waals surface area contributed by atoms with Crippen LogP contribution in [0, 0.1) is 13.8 Å². The van der Waals surface area contributed by atoms with E-state index in [4.69, 9.17) is 9.47 Å². The van der Waals surface area contributed by atoms with Gasteiger partial charge in [0.25, 0.3) is 5.91 Å². The van der Waals surface area contributed by atoms with Crippen LogP contribution in [-0.2, 0) is 4.79 Å². The smallest absolute Gasteiger partial charge is 0.263 e. The lowest BCUT2D eigenvalue weighted by atomic mass is 10.1. The van der Waals surface area contributed by atoms with Crippen LogP contribution >= 0.6 is 0 Å². The lowest BCUT2D eigenvalue weighted by Crippen LogP contribution is -2.52. The number of piperazine rings is 1. The second-order valence-corrected chi connectivity index (χ2v) is 7.22. The summed E-state index contributed by atoms with van der Waals surface area (Å²) in [6.07, 6.45) is 0.221. The van der Waals surface area contributed by atoms with Crippen molar-refractivity contribution in [3.05, 3.63) is 53.6 Å². The Morgan fingerprint density at radius 2 is 1.71 bits per heavy atom. The number of rotatable bonds is 6. The Morgan fingerprint density at radius 3 is 2.32 bits per heavy atom. The fraction of sp³-hybridized carbons (Fsp3) is 0.435. The number of carbonyl (C=O) groups excluding carboxylic acids is 1. The topological polar surface area (TPSA) is 42.0 Å². The Bertz CT molecular complexity index is 796. The Kier molecular flexibility index (Phi) is 6.45. The fourth-order valence-corrected chi connectivity index (χ4v) is 3.50. The second kappa shape index (κ2) is 9.00. The molecule has 0 N–H and O–H groups in total. The van der Waals surface area contributed by atoms with Gasteiger partial charge in [0.2, 0.25) is 0 Å². The Hall–Kier alpha value is -2.69. The van der Waals surface area contributed by atoms with Crippen molar-refractivity contribution >= 4 is 11.6 Å². The summed E-state index contributed by atoms with van der Waals surface area (Å²) in [4.78, 5) is 17.3. The average Bonchev–Trinajstić information content (AvgIpc) is 2.74. The van der Waals surface area contributed by atoms with E-state index in [0.29, 0.717) is 19.5 Å². The van der Waals surface area contributed by atoms with Gasteiger partial charge in [-0.1, -0.05) is 19.1 Å². The van der Waals surface area contributed by atoms with E-state index in [-0.39, 0.29) is 5.91 Å². The summed E-state index contributed by atoms with van der Waals surface area (Å²) in [5.41, 5.74) is 3.43. The van der Waals surface area contributed by atoms with E-state index < -0.39 is 6.10 Å². The Morgan fingerprint density at radius 1 is 1.04 bits per heavy atom. The molecule has 1 aliphatic rings. The third-order valence-electron chi connectivity index (χ3n) is 5.50. The Labute approximate surface area is 167 Å². The van der Waals surface area contributed by atoms with Gasteiger partial charge >= 0.3 is 0 Å². The molecule has 0 spiro atoms. The molecule has 1 saturated heterocycles.